The lowest BCUT2D eigenvalue weighted by Gasteiger charge is -2.29. The number of fused-ring (bicyclic) bond motifs is 1. The van der Waals surface area contributed by atoms with Crippen LogP contribution in [0.4, 0.5) is 4.79 Å². The van der Waals surface area contributed by atoms with E-state index in [9.17, 15) is 19.7 Å². The van der Waals surface area contributed by atoms with Gasteiger partial charge in [0.05, 0.1) is 0 Å². The van der Waals surface area contributed by atoms with Crippen LogP contribution in [0.15, 0.2) is 24.3 Å². The van der Waals surface area contributed by atoms with Crippen LogP contribution in [0, 0.1) is 0 Å². The predicted octanol–water partition coefficient (Wildman–Crippen LogP) is 0.819. The molecule has 0 saturated carbocycles. The van der Waals surface area contributed by atoms with Crippen LogP contribution in [-0.4, -0.2) is 64.2 Å². The summed E-state index contributed by atoms with van der Waals surface area (Å²) < 4.78 is 5.50. The summed E-state index contributed by atoms with van der Waals surface area (Å²) in [7, 11) is -0.892. The first-order valence-corrected chi connectivity index (χ1v) is 8.14. The van der Waals surface area contributed by atoms with Gasteiger partial charge in [0.1, 0.15) is 12.1 Å². The normalized spacial score (nSPS) is 23.7. The first-order chi connectivity index (χ1) is 11.5. The Kier molecular flexibility index (Phi) is 4.77. The minimum Gasteiger partial charge on any atom is -0.480 e. The minimum atomic E-state index is -1.01. The van der Waals surface area contributed by atoms with Crippen molar-refractivity contribution in [2.75, 3.05) is 13.1 Å². The second-order valence-corrected chi connectivity index (χ2v) is 6.36. The van der Waals surface area contributed by atoms with Crippen molar-refractivity contribution in [3.63, 3.8) is 0 Å². The van der Waals surface area contributed by atoms with Crippen molar-refractivity contribution < 1.29 is 24.5 Å². The fraction of sp³-hybridized carbons (Fsp3) is 0.500. The number of benzene rings is 1. The molecule has 0 unspecified atom stereocenters. The van der Waals surface area contributed by atoms with Crippen molar-refractivity contribution in [3.05, 3.63) is 35.4 Å². The Bertz CT molecular complexity index is 639. The summed E-state index contributed by atoms with van der Waals surface area (Å²) in [4.78, 5) is 26.8. The van der Waals surface area contributed by atoms with E-state index in [0.29, 0.717) is 13.1 Å². The SMILES string of the molecule is CB(O)N1C[C@H](OC(=O)N2CCc3ccccc3C2)C[C@H]1C(=O)O. The van der Waals surface area contributed by atoms with E-state index in [2.05, 4.69) is 6.07 Å². The van der Waals surface area contributed by atoms with Crippen molar-refractivity contribution in [2.24, 2.45) is 0 Å². The van der Waals surface area contributed by atoms with Crippen molar-refractivity contribution in [1.29, 1.82) is 0 Å². The zero-order chi connectivity index (χ0) is 17.3. The van der Waals surface area contributed by atoms with E-state index in [-0.39, 0.29) is 13.0 Å². The number of nitrogens with zero attached hydrogens (tertiary/aromatic N) is 2. The van der Waals surface area contributed by atoms with Crippen LogP contribution in [0.2, 0.25) is 6.82 Å². The van der Waals surface area contributed by atoms with Crippen molar-refractivity contribution >= 4 is 19.1 Å². The van der Waals surface area contributed by atoms with Gasteiger partial charge in [-0.1, -0.05) is 24.3 Å². The van der Waals surface area contributed by atoms with E-state index < -0.39 is 31.3 Å². The van der Waals surface area contributed by atoms with E-state index >= 15 is 0 Å². The first-order valence-electron chi connectivity index (χ1n) is 8.14. The summed E-state index contributed by atoms with van der Waals surface area (Å²) in [6, 6.07) is 7.17. The lowest BCUT2D eigenvalue weighted by molar-refractivity contribution is -0.141. The van der Waals surface area contributed by atoms with E-state index in [0.717, 1.165) is 12.0 Å². The van der Waals surface area contributed by atoms with Gasteiger partial charge in [-0.15, -0.1) is 0 Å². The molecule has 0 aromatic heterocycles. The molecule has 2 N–H and O–H groups in total. The van der Waals surface area contributed by atoms with E-state index in [4.69, 9.17) is 4.74 Å². The number of hydrogen-bond acceptors (Lipinski definition) is 5. The fourth-order valence-electron chi connectivity index (χ4n) is 3.43. The Morgan fingerprint density at radius 2 is 2.00 bits per heavy atom. The van der Waals surface area contributed by atoms with Crippen LogP contribution < -0.4 is 0 Å². The Labute approximate surface area is 140 Å². The highest BCUT2D eigenvalue weighted by atomic mass is 16.6. The zero-order valence-corrected chi connectivity index (χ0v) is 13.6. The van der Waals surface area contributed by atoms with Crippen LogP contribution in [0.3, 0.4) is 0 Å². The molecule has 24 heavy (non-hydrogen) atoms. The zero-order valence-electron chi connectivity index (χ0n) is 13.6. The molecule has 1 fully saturated rings. The van der Waals surface area contributed by atoms with Gasteiger partial charge < -0.3 is 24.6 Å². The highest BCUT2D eigenvalue weighted by molar-refractivity contribution is 6.45. The molecule has 3 rings (SSSR count). The minimum absolute atomic E-state index is 0.191. The molecule has 2 aliphatic heterocycles. The van der Waals surface area contributed by atoms with E-state index in [1.807, 2.05) is 18.2 Å². The highest BCUT2D eigenvalue weighted by Gasteiger charge is 2.42. The van der Waals surface area contributed by atoms with E-state index in [1.165, 1.54) is 17.2 Å². The summed E-state index contributed by atoms with van der Waals surface area (Å²) in [5, 5.41) is 18.9. The number of carbonyl (C=O) groups excluding carboxylic acids is 1. The second-order valence-electron chi connectivity index (χ2n) is 6.36. The maximum Gasteiger partial charge on any atom is 0.410 e. The smallest absolute Gasteiger partial charge is 0.410 e. The molecule has 1 aromatic rings. The van der Waals surface area contributed by atoms with Gasteiger partial charge in [0.2, 0.25) is 0 Å². The molecule has 0 aliphatic carbocycles. The van der Waals surface area contributed by atoms with Crippen LogP contribution in [-0.2, 0) is 22.5 Å². The maximum atomic E-state index is 12.4. The standard InChI is InChI=1S/C16H21BN2O5/c1-17(23)19-10-13(8-14(19)15(20)21)24-16(22)18-7-6-11-4-2-3-5-12(11)9-18/h2-5,13-14,23H,6-10H2,1H3,(H,20,21)/t13-,14+/m1/s1. The average molecular weight is 332 g/mol. The average Bonchev–Trinajstić information content (AvgIpc) is 2.99. The van der Waals surface area contributed by atoms with Crippen LogP contribution >= 0.6 is 0 Å². The molecular formula is C16H21BN2O5. The monoisotopic (exact) mass is 332 g/mol. The quantitative estimate of drug-likeness (QED) is 0.797. The first kappa shape index (κ1) is 16.8. The molecule has 2 heterocycles. The molecule has 1 amide bonds. The van der Waals surface area contributed by atoms with Gasteiger partial charge in [-0.3, -0.25) is 4.79 Å². The number of amides is 1. The van der Waals surface area contributed by atoms with Gasteiger partial charge in [0.15, 0.2) is 0 Å². The molecule has 8 heteroatoms. The molecule has 0 spiro atoms. The van der Waals surface area contributed by atoms with Crippen LogP contribution in [0.1, 0.15) is 17.5 Å². The number of carboxylic acids is 1. The number of rotatable bonds is 3. The summed E-state index contributed by atoms with van der Waals surface area (Å²) in [6.07, 6.45) is 0.0284. The molecule has 128 valence electrons. The molecule has 2 aliphatic rings. The third-order valence-electron chi connectivity index (χ3n) is 4.72. The predicted molar refractivity (Wildman–Crippen MR) is 87.4 cm³/mol. The van der Waals surface area contributed by atoms with Gasteiger partial charge in [-0.05, 0) is 24.4 Å². The van der Waals surface area contributed by atoms with Crippen molar-refractivity contribution in [3.8, 4) is 0 Å². The van der Waals surface area contributed by atoms with Crippen molar-refractivity contribution in [2.45, 2.75) is 38.4 Å². The second kappa shape index (κ2) is 6.82. The number of carbonyl (C=O) groups is 2. The molecule has 7 nitrogen and oxygen atoms in total. The molecular weight excluding hydrogens is 311 g/mol. The fourth-order valence-corrected chi connectivity index (χ4v) is 3.43. The van der Waals surface area contributed by atoms with Crippen molar-refractivity contribution in [1.82, 2.24) is 9.71 Å². The molecule has 1 aromatic carbocycles. The van der Waals surface area contributed by atoms with Gasteiger partial charge in [-0.25, -0.2) is 4.79 Å². The van der Waals surface area contributed by atoms with E-state index in [1.54, 1.807) is 4.90 Å². The Morgan fingerprint density at radius 3 is 2.62 bits per heavy atom. The summed E-state index contributed by atoms with van der Waals surface area (Å²) in [6.45, 7) is 2.84. The van der Waals surface area contributed by atoms with Crippen LogP contribution in [0.25, 0.3) is 0 Å². The topological polar surface area (TPSA) is 90.3 Å². The lowest BCUT2D eigenvalue weighted by atomic mass is 9.84. The molecule has 0 bridgehead atoms. The Morgan fingerprint density at radius 1 is 1.29 bits per heavy atom. The van der Waals surface area contributed by atoms with Gasteiger partial charge in [0.25, 0.3) is 0 Å². The summed E-state index contributed by atoms with van der Waals surface area (Å²) in [5.74, 6) is -1.01. The highest BCUT2D eigenvalue weighted by Crippen LogP contribution is 2.24. The number of ether oxygens (including phenoxy) is 1. The maximum absolute atomic E-state index is 12.4. The Hall–Kier alpha value is -2.06. The van der Waals surface area contributed by atoms with Gasteiger partial charge in [-0.2, -0.15) is 0 Å². The number of hydrogen-bond donors (Lipinski definition) is 2. The largest absolute Gasteiger partial charge is 0.480 e. The summed E-state index contributed by atoms with van der Waals surface area (Å²) in [5.41, 5.74) is 2.36. The summed E-state index contributed by atoms with van der Waals surface area (Å²) >= 11 is 0. The van der Waals surface area contributed by atoms with Gasteiger partial charge >= 0.3 is 19.1 Å². The van der Waals surface area contributed by atoms with Crippen LogP contribution in [0.5, 0.6) is 0 Å². The third-order valence-corrected chi connectivity index (χ3v) is 4.72. The number of carboxylic acid groups (broad SMARTS) is 1. The molecule has 1 saturated heterocycles. The third kappa shape index (κ3) is 3.39. The number of aliphatic carboxylic acids is 1. The molecule has 0 radical (unpaired) electrons. The molecule has 2 atom stereocenters. The Balaban J connectivity index is 1.61. The lowest BCUT2D eigenvalue weighted by Crippen LogP contribution is -2.45. The van der Waals surface area contributed by atoms with Gasteiger partial charge in [0, 0.05) is 26.1 Å².